The molecule has 1 aromatic rings. The van der Waals surface area contributed by atoms with Crippen molar-refractivity contribution >= 4 is 23.3 Å². The number of hydrogen-bond donors (Lipinski definition) is 0. The standard InChI is InChI=1S/C12H11NO4/c1-8(14)9-3-2-4-10(5-9)13-11(15)6-17-7-12(13)16/h2-5H,6-7H2,1H3. The smallest absolute Gasteiger partial charge is 0.259 e. The predicted molar refractivity (Wildman–Crippen MR) is 59.8 cm³/mol. The Bertz CT molecular complexity index is 479. The number of benzene rings is 1. The minimum atomic E-state index is -0.415. The molecule has 17 heavy (non-hydrogen) atoms. The van der Waals surface area contributed by atoms with Crippen LogP contribution in [0.3, 0.4) is 0 Å². The zero-order valence-corrected chi connectivity index (χ0v) is 9.30. The summed E-state index contributed by atoms with van der Waals surface area (Å²) in [5, 5.41) is 0. The number of carbonyl (C=O) groups excluding carboxylic acids is 3. The van der Waals surface area contributed by atoms with E-state index >= 15 is 0 Å². The largest absolute Gasteiger partial charge is 0.362 e. The van der Waals surface area contributed by atoms with Crippen LogP contribution in [0.2, 0.25) is 0 Å². The number of nitrogens with zero attached hydrogens (tertiary/aromatic N) is 1. The van der Waals surface area contributed by atoms with Crippen molar-refractivity contribution in [3.63, 3.8) is 0 Å². The lowest BCUT2D eigenvalue weighted by molar-refractivity contribution is -0.138. The van der Waals surface area contributed by atoms with Crippen LogP contribution in [0.15, 0.2) is 24.3 Å². The molecule has 0 N–H and O–H groups in total. The Morgan fingerprint density at radius 2 is 1.88 bits per heavy atom. The SMILES string of the molecule is CC(=O)c1cccc(N2C(=O)COCC2=O)c1. The maximum Gasteiger partial charge on any atom is 0.259 e. The molecule has 5 nitrogen and oxygen atoms in total. The van der Waals surface area contributed by atoms with Gasteiger partial charge in [0.05, 0.1) is 5.69 Å². The highest BCUT2D eigenvalue weighted by atomic mass is 16.5. The number of rotatable bonds is 2. The highest BCUT2D eigenvalue weighted by molar-refractivity contribution is 6.17. The summed E-state index contributed by atoms with van der Waals surface area (Å²) >= 11 is 0. The summed E-state index contributed by atoms with van der Waals surface area (Å²) in [6, 6.07) is 6.43. The first kappa shape index (κ1) is 11.5. The van der Waals surface area contributed by atoms with Gasteiger partial charge < -0.3 is 4.74 Å². The predicted octanol–water partition coefficient (Wildman–Crippen LogP) is 0.779. The summed E-state index contributed by atoms with van der Waals surface area (Å²) in [6.07, 6.45) is 0. The first-order chi connectivity index (χ1) is 8.09. The fraction of sp³-hybridized carbons (Fsp3) is 0.250. The lowest BCUT2D eigenvalue weighted by Gasteiger charge is -2.25. The van der Waals surface area contributed by atoms with Crippen molar-refractivity contribution in [2.24, 2.45) is 0 Å². The average molecular weight is 233 g/mol. The second kappa shape index (κ2) is 4.47. The minimum absolute atomic E-state index is 0.111. The molecule has 1 aliphatic rings. The molecule has 0 radical (unpaired) electrons. The second-order valence-electron chi connectivity index (χ2n) is 3.72. The molecule has 1 saturated heterocycles. The molecule has 5 heteroatoms. The molecular weight excluding hydrogens is 222 g/mol. The number of ketones is 1. The molecular formula is C12H11NO4. The molecule has 2 amide bonds. The van der Waals surface area contributed by atoms with Crippen molar-refractivity contribution in [1.29, 1.82) is 0 Å². The average Bonchev–Trinajstić information content (AvgIpc) is 2.29. The van der Waals surface area contributed by atoms with Crippen molar-refractivity contribution in [3.8, 4) is 0 Å². The lowest BCUT2D eigenvalue weighted by atomic mass is 10.1. The van der Waals surface area contributed by atoms with E-state index < -0.39 is 11.8 Å². The summed E-state index contributed by atoms with van der Waals surface area (Å²) < 4.78 is 4.82. The van der Waals surface area contributed by atoms with Gasteiger partial charge in [-0.05, 0) is 19.1 Å². The topological polar surface area (TPSA) is 63.7 Å². The summed E-state index contributed by atoms with van der Waals surface area (Å²) in [5.74, 6) is -0.941. The number of hydrogen-bond acceptors (Lipinski definition) is 4. The Kier molecular flexibility index (Phi) is 3.01. The molecule has 88 valence electrons. The number of imide groups is 1. The van der Waals surface area contributed by atoms with Crippen LogP contribution in [-0.4, -0.2) is 30.8 Å². The van der Waals surface area contributed by atoms with Gasteiger partial charge in [-0.2, -0.15) is 0 Å². The molecule has 0 unspecified atom stereocenters. The van der Waals surface area contributed by atoms with Gasteiger partial charge in [0.2, 0.25) is 0 Å². The van der Waals surface area contributed by atoms with Gasteiger partial charge in [-0.1, -0.05) is 12.1 Å². The molecule has 1 fully saturated rings. The molecule has 0 aliphatic carbocycles. The Labute approximate surface area is 98.0 Å². The molecule has 1 heterocycles. The third-order valence-electron chi connectivity index (χ3n) is 2.46. The number of carbonyl (C=O) groups is 3. The van der Waals surface area contributed by atoms with Gasteiger partial charge in [-0.25, -0.2) is 4.90 Å². The zero-order chi connectivity index (χ0) is 12.4. The fourth-order valence-corrected chi connectivity index (χ4v) is 1.65. The normalized spacial score (nSPS) is 16.2. The molecule has 0 atom stereocenters. The van der Waals surface area contributed by atoms with Crippen LogP contribution in [-0.2, 0) is 14.3 Å². The van der Waals surface area contributed by atoms with E-state index in [-0.39, 0.29) is 19.0 Å². The van der Waals surface area contributed by atoms with Crippen molar-refractivity contribution in [2.45, 2.75) is 6.92 Å². The molecule has 0 saturated carbocycles. The monoisotopic (exact) mass is 233 g/mol. The van der Waals surface area contributed by atoms with Crippen LogP contribution >= 0.6 is 0 Å². The van der Waals surface area contributed by atoms with E-state index in [4.69, 9.17) is 4.74 Å². The third kappa shape index (κ3) is 2.24. The van der Waals surface area contributed by atoms with Gasteiger partial charge >= 0.3 is 0 Å². The summed E-state index contributed by atoms with van der Waals surface area (Å²) in [4.78, 5) is 35.4. The summed E-state index contributed by atoms with van der Waals surface area (Å²) in [6.45, 7) is 1.20. The molecule has 0 spiro atoms. The quantitative estimate of drug-likeness (QED) is 0.559. The third-order valence-corrected chi connectivity index (χ3v) is 2.46. The van der Waals surface area contributed by atoms with Gasteiger partial charge in [-0.3, -0.25) is 14.4 Å². The Morgan fingerprint density at radius 3 is 2.47 bits per heavy atom. The van der Waals surface area contributed by atoms with Crippen LogP contribution in [0.25, 0.3) is 0 Å². The van der Waals surface area contributed by atoms with Crippen molar-refractivity contribution in [3.05, 3.63) is 29.8 Å². The second-order valence-corrected chi connectivity index (χ2v) is 3.72. The Morgan fingerprint density at radius 1 is 1.24 bits per heavy atom. The van der Waals surface area contributed by atoms with Crippen LogP contribution in [0.4, 0.5) is 5.69 Å². The van der Waals surface area contributed by atoms with E-state index in [2.05, 4.69) is 0 Å². The fourth-order valence-electron chi connectivity index (χ4n) is 1.65. The van der Waals surface area contributed by atoms with Crippen LogP contribution in [0.1, 0.15) is 17.3 Å². The van der Waals surface area contributed by atoms with Crippen LogP contribution < -0.4 is 4.90 Å². The molecule has 1 aliphatic heterocycles. The van der Waals surface area contributed by atoms with Gasteiger partial charge in [0, 0.05) is 5.56 Å². The van der Waals surface area contributed by atoms with E-state index in [0.29, 0.717) is 11.3 Å². The summed E-state index contributed by atoms with van der Waals surface area (Å²) in [5.41, 5.74) is 0.880. The van der Waals surface area contributed by atoms with Crippen LogP contribution in [0.5, 0.6) is 0 Å². The van der Waals surface area contributed by atoms with E-state index in [1.807, 2.05) is 0 Å². The highest BCUT2D eigenvalue weighted by Gasteiger charge is 2.28. The number of morpholine rings is 1. The van der Waals surface area contributed by atoms with Gasteiger partial charge in [0.15, 0.2) is 5.78 Å². The molecule has 0 bridgehead atoms. The van der Waals surface area contributed by atoms with Gasteiger partial charge in [-0.15, -0.1) is 0 Å². The molecule has 0 aromatic heterocycles. The molecule has 2 rings (SSSR count). The molecule has 1 aromatic carbocycles. The van der Waals surface area contributed by atoms with E-state index in [1.54, 1.807) is 18.2 Å². The van der Waals surface area contributed by atoms with E-state index in [1.165, 1.54) is 13.0 Å². The van der Waals surface area contributed by atoms with E-state index in [0.717, 1.165) is 4.90 Å². The maximum absolute atomic E-state index is 11.6. The Balaban J connectivity index is 2.38. The maximum atomic E-state index is 11.6. The Hall–Kier alpha value is -2.01. The van der Waals surface area contributed by atoms with Crippen molar-refractivity contribution < 1.29 is 19.1 Å². The van der Waals surface area contributed by atoms with Crippen molar-refractivity contribution in [1.82, 2.24) is 0 Å². The van der Waals surface area contributed by atoms with E-state index in [9.17, 15) is 14.4 Å². The number of Topliss-reactive ketones (excluding diaryl/α,β-unsaturated/α-hetero) is 1. The first-order valence-corrected chi connectivity index (χ1v) is 5.14. The summed E-state index contributed by atoms with van der Waals surface area (Å²) in [7, 11) is 0. The van der Waals surface area contributed by atoms with Gasteiger partial charge in [0.25, 0.3) is 11.8 Å². The number of ether oxygens (including phenoxy) is 1. The minimum Gasteiger partial charge on any atom is -0.362 e. The number of anilines is 1. The zero-order valence-electron chi connectivity index (χ0n) is 9.30. The number of amides is 2. The van der Waals surface area contributed by atoms with Crippen LogP contribution in [0, 0.1) is 0 Å². The highest BCUT2D eigenvalue weighted by Crippen LogP contribution is 2.19. The lowest BCUT2D eigenvalue weighted by Crippen LogP contribution is -2.46. The van der Waals surface area contributed by atoms with Gasteiger partial charge in [0.1, 0.15) is 13.2 Å². The first-order valence-electron chi connectivity index (χ1n) is 5.14. The van der Waals surface area contributed by atoms with Crippen molar-refractivity contribution in [2.75, 3.05) is 18.1 Å².